The van der Waals surface area contributed by atoms with Crippen molar-refractivity contribution in [1.82, 2.24) is 10.2 Å². The molecule has 0 aliphatic rings. The molecule has 2 rings (SSSR count). The third-order valence-corrected chi connectivity index (χ3v) is 5.90. The standard InChI is InChI=1S/C24H31FN2O3S/c1-4-5-14-26-24(29)18(2)27(15-19-6-10-21(25)11-7-19)23(28)17-31-16-20-8-12-22(30-3)13-9-20/h6-13,18H,4-5,14-17H2,1-3H3,(H,26,29)/t18-/m1/s1. The zero-order valence-electron chi connectivity index (χ0n) is 18.4. The molecular weight excluding hydrogens is 415 g/mol. The number of nitrogens with zero attached hydrogens (tertiary/aromatic N) is 1. The van der Waals surface area contributed by atoms with E-state index in [1.54, 1.807) is 31.1 Å². The number of benzene rings is 2. The molecule has 2 amide bonds. The fraction of sp³-hybridized carbons (Fsp3) is 0.417. The smallest absolute Gasteiger partial charge is 0.242 e. The zero-order valence-corrected chi connectivity index (χ0v) is 19.2. The van der Waals surface area contributed by atoms with Crippen LogP contribution in [-0.4, -0.2) is 42.2 Å². The summed E-state index contributed by atoms with van der Waals surface area (Å²) in [6, 6.07) is 13.1. The number of halogens is 1. The van der Waals surface area contributed by atoms with Gasteiger partial charge in [-0.3, -0.25) is 9.59 Å². The van der Waals surface area contributed by atoms with E-state index in [1.165, 1.54) is 23.9 Å². The van der Waals surface area contributed by atoms with Crippen LogP contribution in [0.25, 0.3) is 0 Å². The van der Waals surface area contributed by atoms with E-state index in [2.05, 4.69) is 12.2 Å². The van der Waals surface area contributed by atoms with Crippen LogP contribution in [0.1, 0.15) is 37.8 Å². The summed E-state index contributed by atoms with van der Waals surface area (Å²) in [5.74, 6) is 1.09. The van der Waals surface area contributed by atoms with E-state index >= 15 is 0 Å². The van der Waals surface area contributed by atoms with Crippen molar-refractivity contribution in [2.75, 3.05) is 19.4 Å². The van der Waals surface area contributed by atoms with Crippen molar-refractivity contribution >= 4 is 23.6 Å². The summed E-state index contributed by atoms with van der Waals surface area (Å²) in [6.07, 6.45) is 1.87. The summed E-state index contributed by atoms with van der Waals surface area (Å²) in [5, 5.41) is 2.89. The van der Waals surface area contributed by atoms with Crippen LogP contribution in [0.15, 0.2) is 48.5 Å². The van der Waals surface area contributed by atoms with Crippen molar-refractivity contribution in [3.05, 3.63) is 65.5 Å². The average molecular weight is 447 g/mol. The highest BCUT2D eigenvalue weighted by Gasteiger charge is 2.25. The molecule has 0 saturated carbocycles. The van der Waals surface area contributed by atoms with Gasteiger partial charge in [0, 0.05) is 18.8 Å². The zero-order chi connectivity index (χ0) is 22.6. The Morgan fingerprint density at radius 3 is 2.35 bits per heavy atom. The van der Waals surface area contributed by atoms with E-state index in [-0.39, 0.29) is 29.9 Å². The van der Waals surface area contributed by atoms with Crippen LogP contribution in [0, 0.1) is 5.82 Å². The highest BCUT2D eigenvalue weighted by molar-refractivity contribution is 7.99. The first-order chi connectivity index (χ1) is 14.9. The van der Waals surface area contributed by atoms with E-state index in [1.807, 2.05) is 24.3 Å². The molecular formula is C24H31FN2O3S. The third-order valence-electron chi connectivity index (χ3n) is 4.92. The molecule has 31 heavy (non-hydrogen) atoms. The van der Waals surface area contributed by atoms with Gasteiger partial charge in [-0.25, -0.2) is 4.39 Å². The predicted octanol–water partition coefficient (Wildman–Crippen LogP) is 4.40. The Kier molecular flexibility index (Phi) is 10.4. The van der Waals surface area contributed by atoms with Gasteiger partial charge in [0.05, 0.1) is 12.9 Å². The second-order valence-corrected chi connectivity index (χ2v) is 8.30. The molecule has 0 fully saturated rings. The van der Waals surface area contributed by atoms with Crippen LogP contribution < -0.4 is 10.1 Å². The van der Waals surface area contributed by atoms with Crippen LogP contribution >= 0.6 is 11.8 Å². The van der Waals surface area contributed by atoms with Gasteiger partial charge >= 0.3 is 0 Å². The maximum absolute atomic E-state index is 13.3. The molecule has 1 atom stereocenters. The molecule has 2 aromatic rings. The largest absolute Gasteiger partial charge is 0.497 e. The number of methoxy groups -OCH3 is 1. The Balaban J connectivity index is 2.01. The number of carbonyl (C=O) groups is 2. The number of nitrogens with one attached hydrogen (secondary N) is 1. The first kappa shape index (κ1) is 24.7. The number of carbonyl (C=O) groups excluding carboxylic acids is 2. The van der Waals surface area contributed by atoms with E-state index < -0.39 is 6.04 Å². The van der Waals surface area contributed by atoms with Crippen LogP contribution in [0.5, 0.6) is 5.75 Å². The van der Waals surface area contributed by atoms with Gasteiger partial charge in [0.1, 0.15) is 17.6 Å². The minimum Gasteiger partial charge on any atom is -0.497 e. The van der Waals surface area contributed by atoms with E-state index in [9.17, 15) is 14.0 Å². The highest BCUT2D eigenvalue weighted by Crippen LogP contribution is 2.18. The Hall–Kier alpha value is -2.54. The highest BCUT2D eigenvalue weighted by atomic mass is 32.2. The second-order valence-electron chi connectivity index (χ2n) is 7.31. The summed E-state index contributed by atoms with van der Waals surface area (Å²) in [7, 11) is 1.62. The third kappa shape index (κ3) is 8.25. The van der Waals surface area contributed by atoms with Crippen molar-refractivity contribution in [2.24, 2.45) is 0 Å². The number of hydrogen-bond donors (Lipinski definition) is 1. The maximum Gasteiger partial charge on any atom is 0.242 e. The first-order valence-electron chi connectivity index (χ1n) is 10.5. The molecule has 5 nitrogen and oxygen atoms in total. The van der Waals surface area contributed by atoms with Crippen LogP contribution in [0.2, 0.25) is 0 Å². The number of ether oxygens (including phenoxy) is 1. The molecule has 0 saturated heterocycles. The number of amides is 2. The van der Waals surface area contributed by atoms with Gasteiger partial charge in [-0.1, -0.05) is 37.6 Å². The summed E-state index contributed by atoms with van der Waals surface area (Å²) in [4.78, 5) is 27.2. The molecule has 1 N–H and O–H groups in total. The van der Waals surface area contributed by atoms with Gasteiger partial charge in [-0.2, -0.15) is 0 Å². The predicted molar refractivity (Wildman–Crippen MR) is 123 cm³/mol. The van der Waals surface area contributed by atoms with Gasteiger partial charge in [-0.15, -0.1) is 11.8 Å². The summed E-state index contributed by atoms with van der Waals surface area (Å²) >= 11 is 1.50. The van der Waals surface area contributed by atoms with Crippen LogP contribution in [0.4, 0.5) is 4.39 Å². The number of hydrogen-bond acceptors (Lipinski definition) is 4. The molecule has 0 bridgehead atoms. The number of rotatable bonds is 12. The molecule has 7 heteroatoms. The molecule has 0 aliphatic carbocycles. The van der Waals surface area contributed by atoms with Gasteiger partial charge in [-0.05, 0) is 48.7 Å². The van der Waals surface area contributed by atoms with E-state index in [4.69, 9.17) is 4.74 Å². The van der Waals surface area contributed by atoms with Crippen molar-refractivity contribution in [3.8, 4) is 5.75 Å². The Morgan fingerprint density at radius 1 is 1.10 bits per heavy atom. The molecule has 0 unspecified atom stereocenters. The van der Waals surface area contributed by atoms with Crippen molar-refractivity contribution in [2.45, 2.75) is 45.0 Å². The molecule has 0 aromatic heterocycles. The molecule has 0 aliphatic heterocycles. The fourth-order valence-electron chi connectivity index (χ4n) is 2.97. The Bertz CT molecular complexity index is 828. The van der Waals surface area contributed by atoms with Crippen molar-refractivity contribution < 1.29 is 18.7 Å². The monoisotopic (exact) mass is 446 g/mol. The van der Waals surface area contributed by atoms with Crippen LogP contribution in [-0.2, 0) is 21.9 Å². The Morgan fingerprint density at radius 2 is 1.74 bits per heavy atom. The number of unbranched alkanes of at least 4 members (excludes halogenated alkanes) is 1. The summed E-state index contributed by atoms with van der Waals surface area (Å²) in [5.41, 5.74) is 1.87. The lowest BCUT2D eigenvalue weighted by Crippen LogP contribution is -2.48. The fourth-order valence-corrected chi connectivity index (χ4v) is 3.84. The van der Waals surface area contributed by atoms with Gasteiger partial charge < -0.3 is 15.0 Å². The quantitative estimate of drug-likeness (QED) is 0.491. The van der Waals surface area contributed by atoms with Gasteiger partial charge in [0.25, 0.3) is 0 Å². The SMILES string of the molecule is CCCCNC(=O)[C@@H](C)N(Cc1ccc(F)cc1)C(=O)CSCc1ccc(OC)cc1. The minimum absolute atomic E-state index is 0.124. The normalized spacial score (nSPS) is 11.6. The lowest BCUT2D eigenvalue weighted by atomic mass is 10.1. The maximum atomic E-state index is 13.3. The summed E-state index contributed by atoms with van der Waals surface area (Å²) in [6.45, 7) is 4.63. The van der Waals surface area contributed by atoms with Crippen molar-refractivity contribution in [1.29, 1.82) is 0 Å². The topological polar surface area (TPSA) is 58.6 Å². The minimum atomic E-state index is -0.615. The van der Waals surface area contributed by atoms with E-state index in [0.717, 1.165) is 29.7 Å². The van der Waals surface area contributed by atoms with Crippen molar-refractivity contribution in [3.63, 3.8) is 0 Å². The molecule has 2 aromatic carbocycles. The average Bonchev–Trinajstić information content (AvgIpc) is 2.78. The van der Waals surface area contributed by atoms with Gasteiger partial charge in [0.2, 0.25) is 11.8 Å². The lowest BCUT2D eigenvalue weighted by Gasteiger charge is -2.28. The van der Waals surface area contributed by atoms with Gasteiger partial charge in [0.15, 0.2) is 0 Å². The molecule has 0 spiro atoms. The molecule has 0 heterocycles. The van der Waals surface area contributed by atoms with Crippen LogP contribution in [0.3, 0.4) is 0 Å². The first-order valence-corrected chi connectivity index (χ1v) is 11.6. The summed E-state index contributed by atoms with van der Waals surface area (Å²) < 4.78 is 18.4. The van der Waals surface area contributed by atoms with E-state index in [0.29, 0.717) is 12.3 Å². The second kappa shape index (κ2) is 13.0. The Labute approximate surface area is 188 Å². The number of thioether (sulfide) groups is 1. The lowest BCUT2D eigenvalue weighted by molar-refractivity contribution is -0.138. The molecule has 0 radical (unpaired) electrons. The molecule has 168 valence electrons.